The molecule has 1 aromatic heterocycles. The summed E-state index contributed by atoms with van der Waals surface area (Å²) in [5, 5.41) is 3.14. The molecule has 3 rings (SSSR count). The van der Waals surface area contributed by atoms with Crippen LogP contribution in [0.3, 0.4) is 0 Å². The second kappa shape index (κ2) is 7.29. The van der Waals surface area contributed by atoms with Gasteiger partial charge in [0.25, 0.3) is 0 Å². The average Bonchev–Trinajstić information content (AvgIpc) is 2.96. The monoisotopic (exact) mass is 332 g/mol. The molecule has 3 aromatic rings. The minimum atomic E-state index is 0. The quantitative estimate of drug-likeness (QED) is 0.720. The lowest BCUT2D eigenvalue weighted by Crippen LogP contribution is -1.93. The van der Waals surface area contributed by atoms with Gasteiger partial charge in [-0.1, -0.05) is 30.3 Å². The van der Waals surface area contributed by atoms with E-state index in [0.29, 0.717) is 0 Å². The van der Waals surface area contributed by atoms with Gasteiger partial charge in [0.15, 0.2) is 0 Å². The number of nitrogen functional groups attached to an aromatic ring is 1. The second-order valence-electron chi connectivity index (χ2n) is 4.74. The molecule has 114 valence electrons. The van der Waals surface area contributed by atoms with Crippen LogP contribution in [-0.2, 0) is 6.42 Å². The Morgan fingerprint density at radius 2 is 1.95 bits per heavy atom. The number of hydrogen-bond donors (Lipinski definition) is 1. The number of methoxy groups -OCH3 is 1. The standard InChI is InChI=1S/C17H16N2OS.ClH/c1-20-16-8-3-2-5-13(16)10-17-19-15(11-21-17)12-6-4-7-14(18)9-12;/h2-9,11H,10,18H2,1H3;1H. The van der Waals surface area contributed by atoms with Gasteiger partial charge >= 0.3 is 0 Å². The van der Waals surface area contributed by atoms with Crippen LogP contribution in [0.1, 0.15) is 10.6 Å². The molecule has 0 aliphatic rings. The Morgan fingerprint density at radius 3 is 2.73 bits per heavy atom. The van der Waals surface area contributed by atoms with Gasteiger partial charge < -0.3 is 10.5 Å². The first-order valence-electron chi connectivity index (χ1n) is 6.68. The Bertz CT molecular complexity index is 758. The van der Waals surface area contributed by atoms with Gasteiger partial charge in [-0.3, -0.25) is 0 Å². The maximum atomic E-state index is 5.82. The lowest BCUT2D eigenvalue weighted by Gasteiger charge is -2.05. The molecule has 0 saturated carbocycles. The highest BCUT2D eigenvalue weighted by molar-refractivity contribution is 7.10. The van der Waals surface area contributed by atoms with E-state index in [4.69, 9.17) is 15.5 Å². The third kappa shape index (κ3) is 3.59. The van der Waals surface area contributed by atoms with Crippen LogP contribution in [0.2, 0.25) is 0 Å². The van der Waals surface area contributed by atoms with Crippen LogP contribution in [0.4, 0.5) is 5.69 Å². The van der Waals surface area contributed by atoms with Gasteiger partial charge in [-0.2, -0.15) is 0 Å². The van der Waals surface area contributed by atoms with Crippen molar-refractivity contribution >= 4 is 29.4 Å². The van der Waals surface area contributed by atoms with Crippen molar-refractivity contribution in [3.8, 4) is 17.0 Å². The lowest BCUT2D eigenvalue weighted by atomic mass is 10.1. The fourth-order valence-corrected chi connectivity index (χ4v) is 3.06. The van der Waals surface area contributed by atoms with Gasteiger partial charge in [-0.15, -0.1) is 23.7 Å². The van der Waals surface area contributed by atoms with Crippen LogP contribution in [0.15, 0.2) is 53.9 Å². The van der Waals surface area contributed by atoms with Crippen molar-refractivity contribution < 1.29 is 4.74 Å². The van der Waals surface area contributed by atoms with E-state index >= 15 is 0 Å². The summed E-state index contributed by atoms with van der Waals surface area (Å²) in [4.78, 5) is 4.70. The lowest BCUT2D eigenvalue weighted by molar-refractivity contribution is 0.410. The van der Waals surface area contributed by atoms with Crippen molar-refractivity contribution in [1.29, 1.82) is 0 Å². The summed E-state index contributed by atoms with van der Waals surface area (Å²) in [7, 11) is 1.69. The van der Waals surface area contributed by atoms with Crippen LogP contribution in [-0.4, -0.2) is 12.1 Å². The number of aromatic nitrogens is 1. The van der Waals surface area contributed by atoms with Crippen molar-refractivity contribution in [3.63, 3.8) is 0 Å². The molecule has 2 aromatic carbocycles. The van der Waals surface area contributed by atoms with Gasteiger partial charge in [-0.05, 0) is 18.2 Å². The average molecular weight is 333 g/mol. The van der Waals surface area contributed by atoms with Crippen molar-refractivity contribution in [2.24, 2.45) is 0 Å². The number of nitrogens with two attached hydrogens (primary N) is 1. The van der Waals surface area contributed by atoms with E-state index in [1.54, 1.807) is 18.4 Å². The molecule has 0 atom stereocenters. The highest BCUT2D eigenvalue weighted by atomic mass is 35.5. The van der Waals surface area contributed by atoms with E-state index in [2.05, 4.69) is 11.4 Å². The molecule has 0 unspecified atom stereocenters. The van der Waals surface area contributed by atoms with Crippen LogP contribution >= 0.6 is 23.7 Å². The van der Waals surface area contributed by atoms with Crippen molar-refractivity contribution in [1.82, 2.24) is 4.98 Å². The SMILES string of the molecule is COc1ccccc1Cc1nc(-c2cccc(N)c2)cs1.Cl. The number of anilines is 1. The smallest absolute Gasteiger partial charge is 0.122 e. The third-order valence-electron chi connectivity index (χ3n) is 3.27. The molecule has 0 radical (unpaired) electrons. The van der Waals surface area contributed by atoms with Crippen molar-refractivity contribution in [2.45, 2.75) is 6.42 Å². The normalized spacial score (nSPS) is 10.0. The highest BCUT2D eigenvalue weighted by Crippen LogP contribution is 2.27. The Morgan fingerprint density at radius 1 is 1.14 bits per heavy atom. The molecule has 1 heterocycles. The van der Waals surface area contributed by atoms with E-state index < -0.39 is 0 Å². The molecular weight excluding hydrogens is 316 g/mol. The fraction of sp³-hybridized carbons (Fsp3) is 0.118. The van der Waals surface area contributed by atoms with Gasteiger partial charge in [0, 0.05) is 28.6 Å². The molecule has 0 aliphatic carbocycles. The zero-order valence-corrected chi connectivity index (χ0v) is 13.8. The summed E-state index contributed by atoms with van der Waals surface area (Å²) in [5.74, 6) is 0.901. The van der Waals surface area contributed by atoms with E-state index in [1.165, 1.54) is 0 Å². The maximum Gasteiger partial charge on any atom is 0.122 e. The van der Waals surface area contributed by atoms with Crippen LogP contribution in [0, 0.1) is 0 Å². The Kier molecular flexibility index (Phi) is 5.41. The number of para-hydroxylation sites is 1. The number of rotatable bonds is 4. The van der Waals surface area contributed by atoms with E-state index in [-0.39, 0.29) is 12.4 Å². The number of benzene rings is 2. The second-order valence-corrected chi connectivity index (χ2v) is 5.68. The number of nitrogens with zero attached hydrogens (tertiary/aromatic N) is 1. The Labute approximate surface area is 140 Å². The first-order valence-corrected chi connectivity index (χ1v) is 7.56. The summed E-state index contributed by atoms with van der Waals surface area (Å²) >= 11 is 1.66. The van der Waals surface area contributed by atoms with Gasteiger partial charge in [0.05, 0.1) is 17.8 Å². The molecule has 0 saturated heterocycles. The van der Waals surface area contributed by atoms with Gasteiger partial charge in [-0.25, -0.2) is 4.98 Å². The predicted octanol–water partition coefficient (Wildman–Crippen LogP) is 4.41. The van der Waals surface area contributed by atoms with E-state index in [0.717, 1.165) is 39.7 Å². The number of halogens is 1. The zero-order valence-electron chi connectivity index (χ0n) is 12.2. The molecular formula is C17H17ClN2OS. The highest BCUT2D eigenvalue weighted by Gasteiger charge is 2.08. The molecule has 3 nitrogen and oxygen atoms in total. The molecule has 0 amide bonds. The minimum absolute atomic E-state index is 0. The molecule has 22 heavy (non-hydrogen) atoms. The van der Waals surface area contributed by atoms with Crippen molar-refractivity contribution in [2.75, 3.05) is 12.8 Å². The van der Waals surface area contributed by atoms with Crippen molar-refractivity contribution in [3.05, 3.63) is 64.5 Å². The van der Waals surface area contributed by atoms with E-state index in [9.17, 15) is 0 Å². The number of hydrogen-bond acceptors (Lipinski definition) is 4. The molecule has 0 bridgehead atoms. The molecule has 5 heteroatoms. The van der Waals surface area contributed by atoms with Gasteiger partial charge in [0.2, 0.25) is 0 Å². The number of thiazole rings is 1. The van der Waals surface area contributed by atoms with Crippen LogP contribution in [0.25, 0.3) is 11.3 Å². The molecule has 0 fully saturated rings. The maximum absolute atomic E-state index is 5.82. The van der Waals surface area contributed by atoms with Crippen LogP contribution in [0.5, 0.6) is 5.75 Å². The number of ether oxygens (including phenoxy) is 1. The van der Waals surface area contributed by atoms with Crippen LogP contribution < -0.4 is 10.5 Å². The Hall–Kier alpha value is -2.04. The molecule has 0 aliphatic heterocycles. The summed E-state index contributed by atoms with van der Waals surface area (Å²) in [5.41, 5.74) is 9.75. The fourth-order valence-electron chi connectivity index (χ4n) is 2.23. The Balaban J connectivity index is 0.00000176. The zero-order chi connectivity index (χ0) is 14.7. The first kappa shape index (κ1) is 16.3. The predicted molar refractivity (Wildman–Crippen MR) is 95.0 cm³/mol. The summed E-state index contributed by atoms with van der Waals surface area (Å²) in [6, 6.07) is 15.8. The summed E-state index contributed by atoms with van der Waals surface area (Å²) < 4.78 is 5.39. The molecule has 0 spiro atoms. The molecule has 2 N–H and O–H groups in total. The van der Waals surface area contributed by atoms with Gasteiger partial charge in [0.1, 0.15) is 5.75 Å². The first-order chi connectivity index (χ1) is 10.3. The summed E-state index contributed by atoms with van der Waals surface area (Å²) in [6.07, 6.45) is 0.775. The van der Waals surface area contributed by atoms with E-state index in [1.807, 2.05) is 42.5 Å². The topological polar surface area (TPSA) is 48.1 Å². The third-order valence-corrected chi connectivity index (χ3v) is 4.12. The minimum Gasteiger partial charge on any atom is -0.496 e. The largest absolute Gasteiger partial charge is 0.496 e. The summed E-state index contributed by atoms with van der Waals surface area (Å²) in [6.45, 7) is 0.